The molecule has 0 aromatic heterocycles. The number of aryl methyl sites for hydroxylation is 2. The van der Waals surface area contributed by atoms with Crippen LogP contribution in [0.25, 0.3) is 0 Å². The Bertz CT molecular complexity index is 427. The van der Waals surface area contributed by atoms with Crippen molar-refractivity contribution in [3.63, 3.8) is 0 Å². The van der Waals surface area contributed by atoms with Crippen molar-refractivity contribution < 1.29 is 14.3 Å². The molecule has 0 aliphatic heterocycles. The first-order chi connectivity index (χ1) is 8.08. The molecule has 1 N–H and O–H groups in total. The Morgan fingerprint density at radius 1 is 1.35 bits per heavy atom. The van der Waals surface area contributed by atoms with Crippen molar-refractivity contribution in [1.29, 1.82) is 0 Å². The minimum Gasteiger partial charge on any atom is -0.469 e. The molecule has 0 saturated heterocycles. The predicted molar refractivity (Wildman–Crippen MR) is 65.8 cm³/mol. The summed E-state index contributed by atoms with van der Waals surface area (Å²) < 4.78 is 4.45. The van der Waals surface area contributed by atoms with Gasteiger partial charge in [0.2, 0.25) is 5.91 Å². The van der Waals surface area contributed by atoms with E-state index in [-0.39, 0.29) is 12.3 Å². The maximum Gasteiger partial charge on any atom is 0.315 e. The van der Waals surface area contributed by atoms with Gasteiger partial charge in [0.05, 0.1) is 7.11 Å². The minimum absolute atomic E-state index is 0.256. The van der Waals surface area contributed by atoms with Gasteiger partial charge in [-0.2, -0.15) is 0 Å². The van der Waals surface area contributed by atoms with Crippen molar-refractivity contribution >= 4 is 17.6 Å². The zero-order valence-electron chi connectivity index (χ0n) is 10.4. The van der Waals surface area contributed by atoms with E-state index in [0.717, 1.165) is 23.2 Å². The summed E-state index contributed by atoms with van der Waals surface area (Å²) in [5.74, 6) is -0.880. The minimum atomic E-state index is -0.533. The number of nitrogens with one attached hydrogen (secondary N) is 1. The van der Waals surface area contributed by atoms with Gasteiger partial charge in [0, 0.05) is 5.69 Å². The number of amides is 1. The molecule has 0 radical (unpaired) electrons. The first-order valence-corrected chi connectivity index (χ1v) is 5.53. The SMILES string of the molecule is CCc1cccc(C)c1NC(=O)CC(=O)OC. The van der Waals surface area contributed by atoms with Gasteiger partial charge < -0.3 is 10.1 Å². The molecular formula is C13H17NO3. The average Bonchev–Trinajstić information content (AvgIpc) is 2.31. The van der Waals surface area contributed by atoms with Gasteiger partial charge in [0.1, 0.15) is 6.42 Å². The number of hydrogen-bond donors (Lipinski definition) is 1. The van der Waals surface area contributed by atoms with E-state index in [1.807, 2.05) is 32.0 Å². The van der Waals surface area contributed by atoms with Crippen LogP contribution in [0.5, 0.6) is 0 Å². The topological polar surface area (TPSA) is 55.4 Å². The number of rotatable bonds is 4. The molecule has 92 valence electrons. The van der Waals surface area contributed by atoms with Crippen molar-refractivity contribution in [3.05, 3.63) is 29.3 Å². The fourth-order valence-electron chi connectivity index (χ4n) is 1.59. The van der Waals surface area contributed by atoms with Gasteiger partial charge in [-0.1, -0.05) is 25.1 Å². The molecule has 0 bridgehead atoms. The molecule has 0 aliphatic rings. The van der Waals surface area contributed by atoms with Crippen LogP contribution in [0.4, 0.5) is 5.69 Å². The van der Waals surface area contributed by atoms with Gasteiger partial charge in [-0.3, -0.25) is 9.59 Å². The molecule has 0 atom stereocenters. The van der Waals surface area contributed by atoms with Crippen LogP contribution in [-0.2, 0) is 20.7 Å². The van der Waals surface area contributed by atoms with Gasteiger partial charge >= 0.3 is 5.97 Å². The van der Waals surface area contributed by atoms with Crippen molar-refractivity contribution in [2.45, 2.75) is 26.7 Å². The summed E-state index contributed by atoms with van der Waals surface area (Å²) in [7, 11) is 1.26. The monoisotopic (exact) mass is 235 g/mol. The molecule has 4 nitrogen and oxygen atoms in total. The fourth-order valence-corrected chi connectivity index (χ4v) is 1.59. The second-order valence-corrected chi connectivity index (χ2v) is 3.76. The highest BCUT2D eigenvalue weighted by Crippen LogP contribution is 2.21. The number of para-hydroxylation sites is 1. The van der Waals surface area contributed by atoms with Gasteiger partial charge in [-0.15, -0.1) is 0 Å². The molecule has 1 aromatic rings. The Morgan fingerprint density at radius 2 is 2.06 bits per heavy atom. The maximum atomic E-state index is 11.6. The highest BCUT2D eigenvalue weighted by atomic mass is 16.5. The number of carbonyl (C=O) groups excluding carboxylic acids is 2. The van der Waals surface area contributed by atoms with E-state index in [9.17, 15) is 9.59 Å². The van der Waals surface area contributed by atoms with Crippen LogP contribution in [0.3, 0.4) is 0 Å². The van der Waals surface area contributed by atoms with E-state index in [4.69, 9.17) is 0 Å². The largest absolute Gasteiger partial charge is 0.469 e. The average molecular weight is 235 g/mol. The van der Waals surface area contributed by atoms with Crippen LogP contribution in [0.2, 0.25) is 0 Å². The fraction of sp³-hybridized carbons (Fsp3) is 0.385. The summed E-state index contributed by atoms with van der Waals surface area (Å²) in [4.78, 5) is 22.6. The first-order valence-electron chi connectivity index (χ1n) is 5.53. The molecule has 0 fully saturated rings. The van der Waals surface area contributed by atoms with Crippen molar-refractivity contribution in [2.75, 3.05) is 12.4 Å². The molecule has 0 aliphatic carbocycles. The normalized spacial score (nSPS) is 9.82. The highest BCUT2D eigenvalue weighted by Gasteiger charge is 2.12. The number of anilines is 1. The molecule has 1 amide bonds. The van der Waals surface area contributed by atoms with E-state index < -0.39 is 5.97 Å². The van der Waals surface area contributed by atoms with E-state index in [1.54, 1.807) is 0 Å². The number of hydrogen-bond acceptors (Lipinski definition) is 3. The number of methoxy groups -OCH3 is 1. The van der Waals surface area contributed by atoms with E-state index in [0.29, 0.717) is 0 Å². The smallest absolute Gasteiger partial charge is 0.315 e. The molecule has 4 heteroatoms. The number of esters is 1. The first kappa shape index (κ1) is 13.2. The Labute approximate surface area is 101 Å². The number of ether oxygens (including phenoxy) is 1. The standard InChI is InChI=1S/C13H17NO3/c1-4-10-7-5-6-9(2)13(10)14-11(15)8-12(16)17-3/h5-7H,4,8H2,1-3H3,(H,14,15). The maximum absolute atomic E-state index is 11.6. The molecule has 0 saturated carbocycles. The van der Waals surface area contributed by atoms with Crippen molar-refractivity contribution in [1.82, 2.24) is 0 Å². The van der Waals surface area contributed by atoms with E-state index >= 15 is 0 Å². The van der Waals surface area contributed by atoms with E-state index in [2.05, 4.69) is 10.1 Å². The Kier molecular flexibility index (Phi) is 4.69. The van der Waals surface area contributed by atoms with Gasteiger partial charge in [-0.25, -0.2) is 0 Å². The summed E-state index contributed by atoms with van der Waals surface area (Å²) in [6.07, 6.45) is 0.573. The predicted octanol–water partition coefficient (Wildman–Crippen LogP) is 2.06. The van der Waals surface area contributed by atoms with Gasteiger partial charge in [0.25, 0.3) is 0 Å². The lowest BCUT2D eigenvalue weighted by Crippen LogP contribution is -2.18. The van der Waals surface area contributed by atoms with Crippen LogP contribution in [0.15, 0.2) is 18.2 Å². The van der Waals surface area contributed by atoms with Crippen LogP contribution >= 0.6 is 0 Å². The third-order valence-electron chi connectivity index (χ3n) is 2.54. The quantitative estimate of drug-likeness (QED) is 0.642. The number of carbonyl (C=O) groups is 2. The zero-order chi connectivity index (χ0) is 12.8. The summed E-state index contributed by atoms with van der Waals surface area (Å²) >= 11 is 0. The Hall–Kier alpha value is -1.84. The van der Waals surface area contributed by atoms with Gasteiger partial charge in [-0.05, 0) is 24.5 Å². The lowest BCUT2D eigenvalue weighted by atomic mass is 10.1. The van der Waals surface area contributed by atoms with Gasteiger partial charge in [0.15, 0.2) is 0 Å². The van der Waals surface area contributed by atoms with Crippen LogP contribution < -0.4 is 5.32 Å². The second-order valence-electron chi connectivity index (χ2n) is 3.76. The molecule has 1 rings (SSSR count). The van der Waals surface area contributed by atoms with Crippen molar-refractivity contribution in [3.8, 4) is 0 Å². The molecule has 0 spiro atoms. The molecule has 0 unspecified atom stereocenters. The summed E-state index contributed by atoms with van der Waals surface area (Å²) in [5.41, 5.74) is 2.84. The molecule has 0 heterocycles. The second kappa shape index (κ2) is 6.03. The molecular weight excluding hydrogens is 218 g/mol. The summed E-state index contributed by atoms with van der Waals surface area (Å²) in [5, 5.41) is 2.76. The Balaban J connectivity index is 2.80. The van der Waals surface area contributed by atoms with Crippen molar-refractivity contribution in [2.24, 2.45) is 0 Å². The third kappa shape index (κ3) is 3.59. The van der Waals surface area contributed by atoms with Crippen LogP contribution in [0.1, 0.15) is 24.5 Å². The van der Waals surface area contributed by atoms with Crippen LogP contribution in [-0.4, -0.2) is 19.0 Å². The highest BCUT2D eigenvalue weighted by molar-refractivity contribution is 6.02. The van der Waals surface area contributed by atoms with E-state index in [1.165, 1.54) is 7.11 Å². The lowest BCUT2D eigenvalue weighted by Gasteiger charge is -2.12. The third-order valence-corrected chi connectivity index (χ3v) is 2.54. The van der Waals surface area contributed by atoms with Crippen LogP contribution in [0, 0.1) is 6.92 Å². The summed E-state index contributed by atoms with van der Waals surface area (Å²) in [6.45, 7) is 3.94. The lowest BCUT2D eigenvalue weighted by molar-refractivity contribution is -0.142. The Morgan fingerprint density at radius 3 is 2.65 bits per heavy atom. The number of benzene rings is 1. The molecule has 17 heavy (non-hydrogen) atoms. The molecule has 1 aromatic carbocycles. The zero-order valence-corrected chi connectivity index (χ0v) is 10.4. The summed E-state index contributed by atoms with van der Waals surface area (Å²) in [6, 6.07) is 5.83.